The first kappa shape index (κ1) is 13.3. The van der Waals surface area contributed by atoms with Crippen LogP contribution in [0, 0.1) is 0 Å². The van der Waals surface area contributed by atoms with Crippen molar-refractivity contribution in [3.8, 4) is 0 Å². The van der Waals surface area contributed by atoms with Crippen molar-refractivity contribution in [1.82, 2.24) is 20.0 Å². The van der Waals surface area contributed by atoms with Crippen LogP contribution >= 0.6 is 0 Å². The fourth-order valence-corrected chi connectivity index (χ4v) is 3.18. The van der Waals surface area contributed by atoms with E-state index in [9.17, 15) is 8.42 Å². The smallest absolute Gasteiger partial charge is 0.240 e. The van der Waals surface area contributed by atoms with Crippen molar-refractivity contribution in [2.24, 2.45) is 0 Å². The molecular formula is C13H16N4O2S. The molecule has 0 fully saturated rings. The molecular weight excluding hydrogens is 276 g/mol. The number of aromatic amines is 1. The van der Waals surface area contributed by atoms with Crippen molar-refractivity contribution < 1.29 is 8.42 Å². The molecule has 1 atom stereocenters. The normalized spacial score (nSPS) is 18.8. The predicted molar refractivity (Wildman–Crippen MR) is 74.8 cm³/mol. The van der Waals surface area contributed by atoms with Crippen LogP contribution in [0.4, 0.5) is 0 Å². The molecule has 1 aliphatic heterocycles. The number of hydrogen-bond acceptors (Lipinski definition) is 4. The fraction of sp³-hybridized carbons (Fsp3) is 0.308. The molecule has 0 bridgehead atoms. The lowest BCUT2D eigenvalue weighted by atomic mass is 9.98. The number of nitrogens with zero attached hydrogens (tertiary/aromatic N) is 1. The van der Waals surface area contributed by atoms with Crippen LogP contribution in [0.15, 0.2) is 35.5 Å². The Morgan fingerprint density at radius 3 is 2.75 bits per heavy atom. The van der Waals surface area contributed by atoms with Crippen molar-refractivity contribution in [2.75, 3.05) is 13.6 Å². The SMILES string of the molecule is CNS(=O)(=O)c1ccc([C@H]2NCCc3[nH]cnc32)cc1. The molecule has 0 amide bonds. The summed E-state index contributed by atoms with van der Waals surface area (Å²) in [5.41, 5.74) is 3.13. The highest BCUT2D eigenvalue weighted by molar-refractivity contribution is 7.89. The van der Waals surface area contributed by atoms with Gasteiger partial charge in [-0.3, -0.25) is 0 Å². The standard InChI is InChI=1S/C13H16N4O2S/c1-14-20(18,19)10-4-2-9(3-5-10)12-13-11(6-7-15-12)16-8-17-13/h2-5,8,12,14-15H,6-7H2,1H3,(H,16,17)/t12-/m1/s1. The highest BCUT2D eigenvalue weighted by Crippen LogP contribution is 2.26. The average molecular weight is 292 g/mol. The number of nitrogens with one attached hydrogen (secondary N) is 3. The van der Waals surface area contributed by atoms with Crippen LogP contribution in [-0.2, 0) is 16.4 Å². The van der Waals surface area contributed by atoms with Crippen molar-refractivity contribution in [3.63, 3.8) is 0 Å². The highest BCUT2D eigenvalue weighted by atomic mass is 32.2. The minimum Gasteiger partial charge on any atom is -0.348 e. The maximum Gasteiger partial charge on any atom is 0.240 e. The van der Waals surface area contributed by atoms with Crippen molar-refractivity contribution in [3.05, 3.63) is 47.5 Å². The van der Waals surface area contributed by atoms with Gasteiger partial charge >= 0.3 is 0 Å². The van der Waals surface area contributed by atoms with Gasteiger partial charge in [0.15, 0.2) is 0 Å². The van der Waals surface area contributed by atoms with Crippen molar-refractivity contribution in [2.45, 2.75) is 17.4 Å². The molecule has 0 spiro atoms. The van der Waals surface area contributed by atoms with E-state index in [-0.39, 0.29) is 10.9 Å². The van der Waals surface area contributed by atoms with Gasteiger partial charge in [0.05, 0.1) is 23.0 Å². The molecule has 3 rings (SSSR count). The Morgan fingerprint density at radius 2 is 2.05 bits per heavy atom. The van der Waals surface area contributed by atoms with Crippen molar-refractivity contribution >= 4 is 10.0 Å². The Bertz CT molecular complexity index is 706. The van der Waals surface area contributed by atoms with Gasteiger partial charge in [0.2, 0.25) is 10.0 Å². The summed E-state index contributed by atoms with van der Waals surface area (Å²) >= 11 is 0. The number of hydrogen-bond donors (Lipinski definition) is 3. The zero-order valence-corrected chi connectivity index (χ0v) is 11.9. The Balaban J connectivity index is 1.94. The van der Waals surface area contributed by atoms with E-state index in [2.05, 4.69) is 20.0 Å². The van der Waals surface area contributed by atoms with E-state index in [0.29, 0.717) is 0 Å². The predicted octanol–water partition coefficient (Wildman–Crippen LogP) is 0.553. The molecule has 0 saturated carbocycles. The highest BCUT2D eigenvalue weighted by Gasteiger charge is 2.24. The second-order valence-electron chi connectivity index (χ2n) is 4.68. The third kappa shape index (κ3) is 2.24. The minimum atomic E-state index is -3.39. The number of sulfonamides is 1. The summed E-state index contributed by atoms with van der Waals surface area (Å²) in [7, 11) is -1.98. The Hall–Kier alpha value is -1.70. The first-order valence-corrected chi connectivity index (χ1v) is 7.89. The quantitative estimate of drug-likeness (QED) is 0.771. The largest absolute Gasteiger partial charge is 0.348 e. The van der Waals surface area contributed by atoms with E-state index in [0.717, 1.165) is 29.9 Å². The first-order valence-electron chi connectivity index (χ1n) is 6.41. The van der Waals surface area contributed by atoms with Gasteiger partial charge in [-0.15, -0.1) is 0 Å². The maximum absolute atomic E-state index is 11.7. The van der Waals surface area contributed by atoms with Crippen LogP contribution in [0.3, 0.4) is 0 Å². The fourth-order valence-electron chi connectivity index (χ4n) is 2.45. The van der Waals surface area contributed by atoms with Gasteiger partial charge in [0.25, 0.3) is 0 Å². The number of benzene rings is 1. The molecule has 3 N–H and O–H groups in total. The Labute approximate surface area is 117 Å². The van der Waals surface area contributed by atoms with Crippen LogP contribution in [0.2, 0.25) is 0 Å². The molecule has 0 unspecified atom stereocenters. The average Bonchev–Trinajstić information content (AvgIpc) is 2.95. The summed E-state index contributed by atoms with van der Waals surface area (Å²) in [6.45, 7) is 0.871. The number of aromatic nitrogens is 2. The molecule has 1 aromatic heterocycles. The number of rotatable bonds is 3. The number of H-pyrrole nitrogens is 1. The van der Waals surface area contributed by atoms with Crippen LogP contribution in [0.5, 0.6) is 0 Å². The van der Waals surface area contributed by atoms with Crippen LogP contribution in [-0.4, -0.2) is 32.0 Å². The van der Waals surface area contributed by atoms with Gasteiger partial charge in [-0.05, 0) is 24.7 Å². The molecule has 0 radical (unpaired) electrons. The topological polar surface area (TPSA) is 86.9 Å². The lowest BCUT2D eigenvalue weighted by Gasteiger charge is -2.23. The summed E-state index contributed by atoms with van der Waals surface area (Å²) in [6, 6.07) is 6.89. The summed E-state index contributed by atoms with van der Waals surface area (Å²) in [4.78, 5) is 7.76. The summed E-state index contributed by atoms with van der Waals surface area (Å²) in [5.74, 6) is 0. The minimum absolute atomic E-state index is 0.0105. The summed E-state index contributed by atoms with van der Waals surface area (Å²) in [5, 5.41) is 3.40. The van der Waals surface area contributed by atoms with Crippen molar-refractivity contribution in [1.29, 1.82) is 0 Å². The number of fused-ring (bicyclic) bond motifs is 1. The molecule has 2 heterocycles. The third-order valence-electron chi connectivity index (χ3n) is 3.54. The summed E-state index contributed by atoms with van der Waals surface area (Å²) in [6.07, 6.45) is 2.63. The van der Waals surface area contributed by atoms with E-state index in [1.54, 1.807) is 18.5 Å². The van der Waals surface area contributed by atoms with Gasteiger partial charge < -0.3 is 10.3 Å². The van der Waals surface area contributed by atoms with Gasteiger partial charge in [-0.25, -0.2) is 18.1 Å². The number of imidazole rings is 1. The molecule has 1 aliphatic rings. The van der Waals surface area contributed by atoms with Crippen LogP contribution < -0.4 is 10.0 Å². The Kier molecular flexibility index (Phi) is 3.33. The van der Waals surface area contributed by atoms with E-state index in [4.69, 9.17) is 0 Å². The molecule has 2 aromatic rings. The first-order chi connectivity index (χ1) is 9.62. The van der Waals surface area contributed by atoms with E-state index >= 15 is 0 Å². The molecule has 7 heteroatoms. The van der Waals surface area contributed by atoms with Crippen LogP contribution in [0.25, 0.3) is 0 Å². The van der Waals surface area contributed by atoms with Gasteiger partial charge in [0.1, 0.15) is 0 Å². The zero-order chi connectivity index (χ0) is 14.2. The Morgan fingerprint density at radius 1 is 1.30 bits per heavy atom. The van der Waals surface area contributed by atoms with E-state index < -0.39 is 10.0 Å². The lowest BCUT2D eigenvalue weighted by Crippen LogP contribution is -2.30. The monoisotopic (exact) mass is 292 g/mol. The van der Waals surface area contributed by atoms with E-state index in [1.165, 1.54) is 7.05 Å². The maximum atomic E-state index is 11.7. The summed E-state index contributed by atoms with van der Waals surface area (Å²) < 4.78 is 25.7. The lowest BCUT2D eigenvalue weighted by molar-refractivity contribution is 0.553. The van der Waals surface area contributed by atoms with Gasteiger partial charge in [-0.1, -0.05) is 12.1 Å². The molecule has 0 aliphatic carbocycles. The zero-order valence-electron chi connectivity index (χ0n) is 11.1. The van der Waals surface area contributed by atoms with Crippen LogP contribution in [0.1, 0.15) is 23.0 Å². The van der Waals surface area contributed by atoms with E-state index in [1.807, 2.05) is 12.1 Å². The molecule has 0 saturated heterocycles. The second kappa shape index (κ2) is 5.01. The second-order valence-corrected chi connectivity index (χ2v) is 6.57. The third-order valence-corrected chi connectivity index (χ3v) is 4.97. The molecule has 20 heavy (non-hydrogen) atoms. The molecule has 6 nitrogen and oxygen atoms in total. The van der Waals surface area contributed by atoms with Gasteiger partial charge in [0, 0.05) is 18.7 Å². The molecule has 1 aromatic carbocycles. The van der Waals surface area contributed by atoms with Gasteiger partial charge in [-0.2, -0.15) is 0 Å². The molecule has 106 valence electrons.